The molecule has 1 heterocycles. The van der Waals surface area contributed by atoms with E-state index >= 15 is 0 Å². The number of hydrogen-bond donors (Lipinski definition) is 2. The lowest BCUT2D eigenvalue weighted by molar-refractivity contribution is 0.0947. The highest BCUT2D eigenvalue weighted by atomic mass is 14.9. The van der Waals surface area contributed by atoms with Crippen molar-refractivity contribution in [1.82, 2.24) is 10.3 Å². The Morgan fingerprint density at radius 1 is 1.47 bits per heavy atom. The Morgan fingerprint density at radius 3 is 2.60 bits per heavy atom. The summed E-state index contributed by atoms with van der Waals surface area (Å²) in [5.41, 5.74) is 7.84. The van der Waals surface area contributed by atoms with Gasteiger partial charge in [0, 0.05) is 30.4 Å². The molecule has 1 aromatic rings. The maximum absolute atomic E-state index is 6.35. The molecule has 1 aromatic heterocycles. The Labute approximate surface area is 91.1 Å². The molecule has 2 rings (SSSR count). The van der Waals surface area contributed by atoms with Crippen LogP contribution in [0.1, 0.15) is 30.9 Å². The van der Waals surface area contributed by atoms with Gasteiger partial charge in [0.05, 0.1) is 0 Å². The van der Waals surface area contributed by atoms with Gasteiger partial charge in [0.15, 0.2) is 0 Å². The molecule has 3 N–H and O–H groups in total. The number of pyridine rings is 1. The summed E-state index contributed by atoms with van der Waals surface area (Å²) in [4.78, 5) is 4.03. The predicted octanol–water partition coefficient (Wildman–Crippen LogP) is 1.47. The largest absolute Gasteiger partial charge is 0.323 e. The highest BCUT2D eigenvalue weighted by Gasteiger charge is 2.42. The van der Waals surface area contributed by atoms with Crippen molar-refractivity contribution < 1.29 is 0 Å². The van der Waals surface area contributed by atoms with E-state index in [0.717, 1.165) is 6.54 Å². The van der Waals surface area contributed by atoms with Crippen molar-refractivity contribution in [2.45, 2.75) is 25.3 Å². The molecule has 0 aromatic carbocycles. The van der Waals surface area contributed by atoms with E-state index in [0.29, 0.717) is 0 Å². The molecule has 3 nitrogen and oxygen atoms in total. The Balaban J connectivity index is 2.15. The molecule has 1 saturated carbocycles. The molecule has 1 aliphatic carbocycles. The van der Waals surface area contributed by atoms with Crippen LogP contribution in [0.25, 0.3) is 0 Å². The van der Waals surface area contributed by atoms with E-state index in [1.165, 1.54) is 24.8 Å². The monoisotopic (exact) mass is 205 g/mol. The molecule has 0 saturated heterocycles. The van der Waals surface area contributed by atoms with Gasteiger partial charge in [-0.1, -0.05) is 6.42 Å². The van der Waals surface area contributed by atoms with E-state index in [4.69, 9.17) is 5.73 Å². The second-order valence-corrected chi connectivity index (χ2v) is 4.50. The van der Waals surface area contributed by atoms with Crippen molar-refractivity contribution in [1.29, 1.82) is 0 Å². The zero-order chi connectivity index (χ0) is 10.7. The van der Waals surface area contributed by atoms with Crippen LogP contribution in [0.3, 0.4) is 0 Å². The van der Waals surface area contributed by atoms with Gasteiger partial charge in [-0.15, -0.1) is 0 Å². The van der Waals surface area contributed by atoms with Gasteiger partial charge in [-0.3, -0.25) is 4.98 Å². The van der Waals surface area contributed by atoms with Crippen LogP contribution in [0.2, 0.25) is 0 Å². The first-order valence-corrected chi connectivity index (χ1v) is 5.59. The average Bonchev–Trinajstić information content (AvgIpc) is 2.24. The molecule has 1 fully saturated rings. The highest BCUT2D eigenvalue weighted by molar-refractivity contribution is 5.19. The molecule has 1 unspecified atom stereocenters. The molecule has 15 heavy (non-hydrogen) atoms. The van der Waals surface area contributed by atoms with Crippen LogP contribution in [-0.2, 0) is 0 Å². The van der Waals surface area contributed by atoms with Gasteiger partial charge in [0.25, 0.3) is 0 Å². The van der Waals surface area contributed by atoms with Gasteiger partial charge in [-0.2, -0.15) is 0 Å². The molecule has 0 aliphatic heterocycles. The van der Waals surface area contributed by atoms with Gasteiger partial charge in [0.1, 0.15) is 0 Å². The summed E-state index contributed by atoms with van der Waals surface area (Å²) in [6, 6.07) is 4.20. The van der Waals surface area contributed by atoms with Gasteiger partial charge >= 0.3 is 0 Å². The summed E-state index contributed by atoms with van der Waals surface area (Å²) in [6.07, 6.45) is 7.41. The van der Waals surface area contributed by atoms with E-state index in [2.05, 4.69) is 10.3 Å². The molecular formula is C12H19N3. The fraction of sp³-hybridized carbons (Fsp3) is 0.583. The number of nitrogens with two attached hydrogens (primary N) is 1. The third kappa shape index (κ3) is 1.90. The minimum absolute atomic E-state index is 0.140. The summed E-state index contributed by atoms with van der Waals surface area (Å²) in [5, 5.41) is 3.27. The number of aromatic nitrogens is 1. The quantitative estimate of drug-likeness (QED) is 0.782. The highest BCUT2D eigenvalue weighted by Crippen LogP contribution is 2.48. The summed E-state index contributed by atoms with van der Waals surface area (Å²) in [6.45, 7) is 1.01. The maximum Gasteiger partial charge on any atom is 0.0365 e. The average molecular weight is 205 g/mol. The molecule has 0 bridgehead atoms. The predicted molar refractivity (Wildman–Crippen MR) is 61.4 cm³/mol. The second-order valence-electron chi connectivity index (χ2n) is 4.50. The van der Waals surface area contributed by atoms with Gasteiger partial charge in [-0.25, -0.2) is 0 Å². The van der Waals surface area contributed by atoms with E-state index in [9.17, 15) is 0 Å². The van der Waals surface area contributed by atoms with Crippen molar-refractivity contribution in [3.05, 3.63) is 30.1 Å². The van der Waals surface area contributed by atoms with Crippen molar-refractivity contribution >= 4 is 0 Å². The number of nitrogens with one attached hydrogen (secondary N) is 1. The smallest absolute Gasteiger partial charge is 0.0365 e. The van der Waals surface area contributed by atoms with E-state index in [1.54, 1.807) is 0 Å². The van der Waals surface area contributed by atoms with Crippen LogP contribution in [0.15, 0.2) is 24.5 Å². The van der Waals surface area contributed by atoms with Crippen LogP contribution in [-0.4, -0.2) is 18.6 Å². The summed E-state index contributed by atoms with van der Waals surface area (Å²) in [7, 11) is 2.00. The lowest BCUT2D eigenvalue weighted by Crippen LogP contribution is -2.46. The molecule has 82 valence electrons. The number of hydrogen-bond acceptors (Lipinski definition) is 3. The Hall–Kier alpha value is -0.930. The minimum atomic E-state index is 0.140. The van der Waals surface area contributed by atoms with Gasteiger partial charge in [-0.05, 0) is 37.6 Å². The SMILES string of the molecule is CNCC1(C(N)c2ccncc2)CCC1. The topological polar surface area (TPSA) is 50.9 Å². The fourth-order valence-electron chi connectivity index (χ4n) is 2.51. The van der Waals surface area contributed by atoms with Crippen LogP contribution in [0.4, 0.5) is 0 Å². The zero-order valence-electron chi connectivity index (χ0n) is 9.24. The third-order valence-corrected chi connectivity index (χ3v) is 3.60. The van der Waals surface area contributed by atoms with Crippen LogP contribution < -0.4 is 11.1 Å². The lowest BCUT2D eigenvalue weighted by atomic mass is 9.62. The van der Waals surface area contributed by atoms with E-state index in [-0.39, 0.29) is 11.5 Å². The second kappa shape index (κ2) is 4.29. The van der Waals surface area contributed by atoms with E-state index in [1.807, 2.05) is 31.6 Å². The molecule has 1 aliphatic rings. The minimum Gasteiger partial charge on any atom is -0.323 e. The first-order valence-electron chi connectivity index (χ1n) is 5.59. The fourth-order valence-corrected chi connectivity index (χ4v) is 2.51. The van der Waals surface area contributed by atoms with Crippen molar-refractivity contribution in [2.75, 3.05) is 13.6 Å². The number of nitrogens with zero attached hydrogens (tertiary/aromatic N) is 1. The summed E-state index contributed by atoms with van der Waals surface area (Å²) >= 11 is 0. The standard InChI is InChI=1S/C12H19N3/c1-14-9-12(5-2-6-12)11(13)10-3-7-15-8-4-10/h3-4,7-8,11,14H,2,5-6,9,13H2,1H3. The van der Waals surface area contributed by atoms with Crippen LogP contribution in [0.5, 0.6) is 0 Å². The normalized spacial score (nSPS) is 20.7. The first-order chi connectivity index (χ1) is 7.28. The zero-order valence-corrected chi connectivity index (χ0v) is 9.24. The van der Waals surface area contributed by atoms with Crippen LogP contribution >= 0.6 is 0 Å². The Bertz CT molecular complexity index is 306. The Morgan fingerprint density at radius 2 is 2.13 bits per heavy atom. The summed E-state index contributed by atoms with van der Waals surface area (Å²) in [5.74, 6) is 0. The molecule has 0 spiro atoms. The molecule has 1 atom stereocenters. The Kier molecular flexibility index (Phi) is 3.03. The van der Waals surface area contributed by atoms with Crippen LogP contribution in [0, 0.1) is 5.41 Å². The number of rotatable bonds is 4. The summed E-state index contributed by atoms with van der Waals surface area (Å²) < 4.78 is 0. The molecule has 0 radical (unpaired) electrons. The van der Waals surface area contributed by atoms with Crippen molar-refractivity contribution in [3.8, 4) is 0 Å². The molecule has 3 heteroatoms. The third-order valence-electron chi connectivity index (χ3n) is 3.60. The molecular weight excluding hydrogens is 186 g/mol. The van der Waals surface area contributed by atoms with Gasteiger partial charge < -0.3 is 11.1 Å². The molecule has 0 amide bonds. The lowest BCUT2D eigenvalue weighted by Gasteiger charge is -2.46. The first kappa shape index (κ1) is 10.6. The maximum atomic E-state index is 6.35. The van der Waals surface area contributed by atoms with Gasteiger partial charge in [0.2, 0.25) is 0 Å². The van der Waals surface area contributed by atoms with E-state index < -0.39 is 0 Å². The van der Waals surface area contributed by atoms with Crippen molar-refractivity contribution in [2.24, 2.45) is 11.1 Å². The van der Waals surface area contributed by atoms with Crippen molar-refractivity contribution in [3.63, 3.8) is 0 Å².